The number of nitrogens with one attached hydrogen (secondary N) is 2. The SMILES string of the molecule is CN(C)CC(=O)NC1CCC(Cc2cc(-c3cccc(NCc4cccc(F)c4)n3)c(Cl)cn2)CC1. The third kappa shape index (κ3) is 7.48. The number of likely N-dealkylation sites (N-methyl/N-ethyl adjacent to an activating group) is 1. The number of aromatic nitrogens is 2. The first-order valence-corrected chi connectivity index (χ1v) is 12.8. The summed E-state index contributed by atoms with van der Waals surface area (Å²) in [5.74, 6) is 1.06. The molecule has 0 saturated heterocycles. The summed E-state index contributed by atoms with van der Waals surface area (Å²) in [5.41, 5.74) is 3.45. The third-order valence-electron chi connectivity index (χ3n) is 6.47. The van der Waals surface area contributed by atoms with Crippen molar-refractivity contribution >= 4 is 23.3 Å². The van der Waals surface area contributed by atoms with Gasteiger partial charge in [-0.2, -0.15) is 0 Å². The van der Waals surface area contributed by atoms with Crippen molar-refractivity contribution in [3.8, 4) is 11.3 Å². The van der Waals surface area contributed by atoms with E-state index in [2.05, 4.69) is 15.6 Å². The lowest BCUT2D eigenvalue weighted by atomic mass is 9.83. The number of anilines is 1. The maximum atomic E-state index is 13.5. The van der Waals surface area contributed by atoms with Crippen LogP contribution >= 0.6 is 11.6 Å². The highest BCUT2D eigenvalue weighted by atomic mass is 35.5. The van der Waals surface area contributed by atoms with Crippen molar-refractivity contribution in [1.29, 1.82) is 0 Å². The molecule has 0 radical (unpaired) electrons. The molecule has 36 heavy (non-hydrogen) atoms. The topological polar surface area (TPSA) is 70.2 Å². The standard InChI is InChI=1S/C28H33ClFN5O/c1-35(2)18-28(36)33-22-11-9-19(10-12-22)14-23-15-24(25(29)17-31-23)26-7-4-8-27(34-26)32-16-20-5-3-6-21(30)13-20/h3-8,13,15,17,19,22H,9-12,14,16,18H2,1-2H3,(H,32,34)(H,33,36). The number of halogens is 2. The largest absolute Gasteiger partial charge is 0.366 e. The van der Waals surface area contributed by atoms with E-state index in [4.69, 9.17) is 16.6 Å². The van der Waals surface area contributed by atoms with Gasteiger partial charge in [-0.15, -0.1) is 0 Å². The summed E-state index contributed by atoms with van der Waals surface area (Å²) in [6.45, 7) is 0.898. The van der Waals surface area contributed by atoms with Crippen LogP contribution in [0.3, 0.4) is 0 Å². The maximum absolute atomic E-state index is 13.5. The molecular formula is C28H33ClFN5O. The zero-order valence-electron chi connectivity index (χ0n) is 20.8. The average molecular weight is 510 g/mol. The Balaban J connectivity index is 1.36. The highest BCUT2D eigenvalue weighted by Crippen LogP contribution is 2.31. The Hall–Kier alpha value is -3.03. The van der Waals surface area contributed by atoms with Gasteiger partial charge in [0.15, 0.2) is 0 Å². The molecule has 0 bridgehead atoms. The number of amides is 1. The van der Waals surface area contributed by atoms with E-state index >= 15 is 0 Å². The smallest absolute Gasteiger partial charge is 0.234 e. The zero-order chi connectivity index (χ0) is 25.5. The molecule has 1 aromatic carbocycles. The molecule has 1 saturated carbocycles. The molecule has 1 fully saturated rings. The van der Waals surface area contributed by atoms with Crippen molar-refractivity contribution in [3.63, 3.8) is 0 Å². The van der Waals surface area contributed by atoms with Crippen LogP contribution < -0.4 is 10.6 Å². The summed E-state index contributed by atoms with van der Waals surface area (Å²) in [6.07, 6.45) is 6.68. The highest BCUT2D eigenvalue weighted by molar-refractivity contribution is 6.33. The number of nitrogens with zero attached hydrogens (tertiary/aromatic N) is 3. The summed E-state index contributed by atoms with van der Waals surface area (Å²) in [4.78, 5) is 23.2. The number of carbonyl (C=O) groups is 1. The second-order valence-corrected chi connectivity index (χ2v) is 10.2. The lowest BCUT2D eigenvalue weighted by Gasteiger charge is -2.29. The molecule has 0 spiro atoms. The van der Waals surface area contributed by atoms with Crippen molar-refractivity contribution in [1.82, 2.24) is 20.2 Å². The van der Waals surface area contributed by atoms with Crippen LogP contribution in [-0.4, -0.2) is 47.5 Å². The molecule has 1 aliphatic rings. The fourth-order valence-electron chi connectivity index (χ4n) is 4.68. The number of pyridine rings is 2. The Morgan fingerprint density at radius 1 is 1.11 bits per heavy atom. The van der Waals surface area contributed by atoms with E-state index in [-0.39, 0.29) is 17.8 Å². The molecule has 2 N–H and O–H groups in total. The first kappa shape index (κ1) is 26.0. The number of carbonyl (C=O) groups excluding carboxylic acids is 1. The van der Waals surface area contributed by atoms with Crippen molar-refractivity contribution in [2.45, 2.75) is 44.7 Å². The Morgan fingerprint density at radius 3 is 2.64 bits per heavy atom. The second-order valence-electron chi connectivity index (χ2n) is 9.77. The van der Waals surface area contributed by atoms with Crippen LogP contribution in [0.2, 0.25) is 5.02 Å². The lowest BCUT2D eigenvalue weighted by molar-refractivity contribution is -0.122. The third-order valence-corrected chi connectivity index (χ3v) is 6.77. The van der Waals surface area contributed by atoms with Crippen LogP contribution in [-0.2, 0) is 17.8 Å². The van der Waals surface area contributed by atoms with Crippen molar-refractivity contribution < 1.29 is 9.18 Å². The number of rotatable bonds is 9. The summed E-state index contributed by atoms with van der Waals surface area (Å²) in [7, 11) is 3.80. The van der Waals surface area contributed by atoms with Crippen LogP contribution in [0.15, 0.2) is 54.7 Å². The van der Waals surface area contributed by atoms with E-state index in [9.17, 15) is 9.18 Å². The molecule has 8 heteroatoms. The zero-order valence-corrected chi connectivity index (χ0v) is 21.6. The van der Waals surface area contributed by atoms with E-state index in [0.717, 1.165) is 54.6 Å². The monoisotopic (exact) mass is 509 g/mol. The molecule has 2 aromatic heterocycles. The van der Waals surface area contributed by atoms with E-state index in [0.29, 0.717) is 29.8 Å². The molecule has 0 atom stereocenters. The van der Waals surface area contributed by atoms with Crippen molar-refractivity contribution in [2.75, 3.05) is 26.0 Å². The van der Waals surface area contributed by atoms with Crippen LogP contribution in [0.4, 0.5) is 10.2 Å². The number of hydrogen-bond acceptors (Lipinski definition) is 5. The highest BCUT2D eigenvalue weighted by Gasteiger charge is 2.23. The summed E-state index contributed by atoms with van der Waals surface area (Å²) in [6, 6.07) is 14.5. The van der Waals surface area contributed by atoms with E-state index in [1.54, 1.807) is 12.3 Å². The first-order chi connectivity index (χ1) is 17.4. The Morgan fingerprint density at radius 2 is 1.89 bits per heavy atom. The molecule has 3 aromatic rings. The van der Waals surface area contributed by atoms with E-state index in [1.165, 1.54) is 12.1 Å². The van der Waals surface area contributed by atoms with Gasteiger partial charge in [-0.3, -0.25) is 9.78 Å². The van der Waals surface area contributed by atoms with Crippen molar-refractivity contribution in [2.24, 2.45) is 5.92 Å². The molecular weight excluding hydrogens is 477 g/mol. The van der Waals surface area contributed by atoms with Crippen molar-refractivity contribution in [3.05, 3.63) is 76.8 Å². The Labute approximate surface area is 217 Å². The van der Waals surface area contributed by atoms with Gasteiger partial charge in [0, 0.05) is 30.0 Å². The van der Waals surface area contributed by atoms with Gasteiger partial charge in [-0.25, -0.2) is 9.37 Å². The summed E-state index contributed by atoms with van der Waals surface area (Å²) in [5, 5.41) is 6.97. The van der Waals surface area contributed by atoms with Gasteiger partial charge in [0.2, 0.25) is 5.91 Å². The fraction of sp³-hybridized carbons (Fsp3) is 0.393. The number of hydrogen-bond donors (Lipinski definition) is 2. The molecule has 0 aliphatic heterocycles. The first-order valence-electron chi connectivity index (χ1n) is 12.4. The summed E-state index contributed by atoms with van der Waals surface area (Å²) < 4.78 is 13.5. The van der Waals surface area contributed by atoms with Gasteiger partial charge in [0.25, 0.3) is 0 Å². The van der Waals surface area contributed by atoms with Gasteiger partial charge in [-0.05, 0) is 88.0 Å². The van der Waals surface area contributed by atoms with E-state index < -0.39 is 0 Å². The van der Waals surface area contributed by atoms with E-state index in [1.807, 2.05) is 49.3 Å². The maximum Gasteiger partial charge on any atom is 0.234 e. The second kappa shape index (κ2) is 12.3. The molecule has 2 heterocycles. The van der Waals surface area contributed by atoms with Gasteiger partial charge >= 0.3 is 0 Å². The van der Waals surface area contributed by atoms with Gasteiger partial charge in [0.05, 0.1) is 17.3 Å². The molecule has 1 amide bonds. The average Bonchev–Trinajstić information content (AvgIpc) is 2.85. The lowest BCUT2D eigenvalue weighted by Crippen LogP contribution is -2.42. The van der Waals surface area contributed by atoms with Crippen LogP contribution in [0.25, 0.3) is 11.3 Å². The van der Waals surface area contributed by atoms with Gasteiger partial charge in [0.1, 0.15) is 11.6 Å². The normalized spacial score (nSPS) is 17.7. The Bertz CT molecular complexity index is 1180. The van der Waals surface area contributed by atoms with Crippen LogP contribution in [0.5, 0.6) is 0 Å². The van der Waals surface area contributed by atoms with Gasteiger partial charge < -0.3 is 15.5 Å². The number of benzene rings is 1. The predicted molar refractivity (Wildman–Crippen MR) is 142 cm³/mol. The minimum absolute atomic E-state index is 0.0904. The molecule has 190 valence electrons. The molecule has 0 unspecified atom stereocenters. The molecule has 6 nitrogen and oxygen atoms in total. The van der Waals surface area contributed by atoms with Gasteiger partial charge in [-0.1, -0.05) is 29.8 Å². The molecule has 1 aliphatic carbocycles. The fourth-order valence-corrected chi connectivity index (χ4v) is 4.88. The summed E-state index contributed by atoms with van der Waals surface area (Å²) >= 11 is 6.51. The molecule has 4 rings (SSSR count). The minimum atomic E-state index is -0.255. The minimum Gasteiger partial charge on any atom is -0.366 e. The van der Waals surface area contributed by atoms with Crippen LogP contribution in [0, 0.1) is 11.7 Å². The van der Waals surface area contributed by atoms with Crippen LogP contribution in [0.1, 0.15) is 36.9 Å². The predicted octanol–water partition coefficient (Wildman–Crippen LogP) is 5.33. The Kier molecular flexibility index (Phi) is 8.88. The quantitative estimate of drug-likeness (QED) is 0.408.